The molecule has 5 aliphatic carbocycles. The molecule has 10 amide bonds. The first kappa shape index (κ1) is 95.1. The van der Waals surface area contributed by atoms with E-state index in [1.54, 1.807) is 33.2 Å². The van der Waals surface area contributed by atoms with Crippen LogP contribution in [0.2, 0.25) is 5.02 Å². The van der Waals surface area contributed by atoms with Gasteiger partial charge < -0.3 is 143 Å². The Labute approximate surface area is 754 Å². The highest BCUT2D eigenvalue weighted by atomic mass is 35.5. The SMILES string of the molecule is CNCCOc1ccc(OCCNC)c(NC(=O)NC(=O)CC[C@@H]2NC(=O)[C@H](NC(=O)[C@H](C)CC(C)C)[C@H](O)c3ccc(c(C)c3)Oc3cc4cc(c3O[C@@H]3O[C@H](CO)[C@@H](O)[C@H](O)[C@H]3O[C@H]3C[C@](C)(N)[C@H](O)[C@H](C)O3)Oc3ccc(cc3Cl)[C@@H](O)[C@@H]3NC(=O)[C@H](NC(=O)[C@@H]4NC2=O)C2=CC=C(O)C(C2)c2c(O)cc(O)cc2[C@@H](C(=O)NC2C4CC5CC(C4)CC2C5)NC3=O)c1. The van der Waals surface area contributed by atoms with E-state index in [0.717, 1.165) is 68.5 Å². The first-order valence-corrected chi connectivity index (χ1v) is 44.3. The highest BCUT2D eigenvalue weighted by Gasteiger charge is 2.54. The first-order chi connectivity index (χ1) is 61.9. The predicted molar refractivity (Wildman–Crippen MR) is 465 cm³/mol. The number of anilines is 1. The predicted octanol–water partition coefficient (Wildman–Crippen LogP) is 3.93. The van der Waals surface area contributed by atoms with Crippen LogP contribution in [0.1, 0.15) is 162 Å². The van der Waals surface area contributed by atoms with Crippen LogP contribution in [-0.4, -0.2) is 231 Å². The van der Waals surface area contributed by atoms with Gasteiger partial charge in [0.25, 0.3) is 0 Å². The summed E-state index contributed by atoms with van der Waals surface area (Å²) in [5, 5.41) is 137. The van der Waals surface area contributed by atoms with Crippen molar-refractivity contribution in [2.75, 3.05) is 52.3 Å². The molecule has 702 valence electrons. The molecule has 22 N–H and O–H groups in total. The molecule has 2 saturated heterocycles. The Hall–Kier alpha value is -11.0. The molecule has 130 heavy (non-hydrogen) atoms. The minimum atomic E-state index is -2.33. The molecule has 5 aromatic rings. The van der Waals surface area contributed by atoms with Gasteiger partial charge in [-0.2, -0.15) is 0 Å². The number of allylic oxidation sites excluding steroid dienone is 3. The van der Waals surface area contributed by atoms with Crippen LogP contribution in [0.4, 0.5) is 10.5 Å². The molecule has 39 heteroatoms. The molecule has 17 rings (SSSR count). The van der Waals surface area contributed by atoms with Gasteiger partial charge in [-0.3, -0.25) is 43.7 Å². The monoisotopic (exact) mass is 1830 g/mol. The van der Waals surface area contributed by atoms with E-state index in [4.69, 9.17) is 55.2 Å². The molecular weight excluding hydrogens is 1710 g/mol. The van der Waals surface area contributed by atoms with Crippen molar-refractivity contribution in [1.29, 1.82) is 0 Å². The number of hydrogen-bond acceptors (Lipinski definition) is 29. The molecule has 12 aliphatic rings. The lowest BCUT2D eigenvalue weighted by atomic mass is 9.54. The number of hydrogen-bond donors (Lipinski definition) is 21. The molecule has 4 saturated carbocycles. The molecule has 7 aliphatic heterocycles. The summed E-state index contributed by atoms with van der Waals surface area (Å²) in [7, 11) is 3.44. The number of aromatic hydroxyl groups is 2. The summed E-state index contributed by atoms with van der Waals surface area (Å²) < 4.78 is 51.3. The smallest absolute Gasteiger partial charge is 0.325 e. The van der Waals surface area contributed by atoms with Gasteiger partial charge in [-0.25, -0.2) is 4.79 Å². The lowest BCUT2D eigenvalue weighted by Crippen LogP contribution is -2.64. The summed E-state index contributed by atoms with van der Waals surface area (Å²) in [6.07, 6.45) is -12.6. The van der Waals surface area contributed by atoms with Gasteiger partial charge in [-0.15, -0.1) is 0 Å². The molecule has 5 aromatic carbocycles. The van der Waals surface area contributed by atoms with Crippen molar-refractivity contribution < 1.29 is 127 Å². The number of carbonyl (C=O) groups excluding carboxylic acids is 9. The number of aliphatic hydroxyl groups excluding tert-OH is 7. The fourth-order valence-corrected chi connectivity index (χ4v) is 19.6. The number of amides is 10. The summed E-state index contributed by atoms with van der Waals surface area (Å²) in [5.74, 6) is -13.8. The molecule has 19 atom stereocenters. The molecular formula is C91H115ClN12O26. The number of likely N-dealkylation sites (N-methyl/N-ethyl adjacent to an activating group) is 2. The topological polar surface area (TPSA) is 568 Å². The van der Waals surface area contributed by atoms with E-state index in [9.17, 15) is 60.3 Å². The van der Waals surface area contributed by atoms with Gasteiger partial charge in [0.15, 0.2) is 23.9 Å². The molecule has 38 nitrogen and oxygen atoms in total. The fraction of sp³-hybridized carbons (Fsp3) is 0.527. The third kappa shape index (κ3) is 21.1. The van der Waals surface area contributed by atoms with E-state index in [0.29, 0.717) is 30.7 Å². The lowest BCUT2D eigenvalue weighted by molar-refractivity contribution is -0.333. The number of carbonyl (C=O) groups is 9. The molecule has 15 bridgehead atoms. The number of nitrogens with one attached hydrogen (secondary N) is 11. The molecule has 1 unspecified atom stereocenters. The first-order valence-electron chi connectivity index (χ1n) is 43.9. The molecule has 6 fully saturated rings. The number of nitrogens with two attached hydrogens (primary N) is 1. The molecule has 0 aromatic heterocycles. The number of ether oxygens (including phenoxy) is 8. The van der Waals surface area contributed by atoms with Gasteiger partial charge >= 0.3 is 6.03 Å². The van der Waals surface area contributed by atoms with Gasteiger partial charge in [-0.1, -0.05) is 50.6 Å². The molecule has 0 radical (unpaired) electrons. The molecule has 7 heterocycles. The highest BCUT2D eigenvalue weighted by Crippen LogP contribution is 2.55. The van der Waals surface area contributed by atoms with Gasteiger partial charge in [0.1, 0.15) is 120 Å². The van der Waals surface area contributed by atoms with Crippen molar-refractivity contribution in [2.24, 2.45) is 41.2 Å². The minimum absolute atomic E-state index is 0.0286. The maximum atomic E-state index is 16.8. The van der Waals surface area contributed by atoms with E-state index < -0.39 is 234 Å². The van der Waals surface area contributed by atoms with Crippen LogP contribution in [0.3, 0.4) is 0 Å². The average molecular weight is 1830 g/mol. The zero-order valence-electron chi connectivity index (χ0n) is 73.0. The van der Waals surface area contributed by atoms with Gasteiger partial charge in [-0.05, 0) is 210 Å². The number of aliphatic hydroxyl groups is 7. The minimum Gasteiger partial charge on any atom is -0.512 e. The van der Waals surface area contributed by atoms with Crippen LogP contribution >= 0.6 is 11.6 Å². The summed E-state index contributed by atoms with van der Waals surface area (Å²) in [6.45, 7) is 10.1. The lowest BCUT2D eigenvalue weighted by Gasteiger charge is -2.54. The zero-order chi connectivity index (χ0) is 93.2. The quantitative estimate of drug-likeness (QED) is 0.0412. The Bertz CT molecular complexity index is 5140. The van der Waals surface area contributed by atoms with E-state index >= 15 is 28.8 Å². The van der Waals surface area contributed by atoms with E-state index in [-0.39, 0.29) is 111 Å². The fourth-order valence-electron chi connectivity index (χ4n) is 19.3. The summed E-state index contributed by atoms with van der Waals surface area (Å²) in [4.78, 5) is 139. The number of halogens is 1. The maximum absolute atomic E-state index is 16.8. The number of benzene rings is 5. The van der Waals surface area contributed by atoms with Crippen LogP contribution < -0.4 is 87.9 Å². The van der Waals surface area contributed by atoms with Crippen LogP contribution in [0.25, 0.3) is 0 Å². The van der Waals surface area contributed by atoms with Gasteiger partial charge in [0.2, 0.25) is 59.3 Å². The van der Waals surface area contributed by atoms with Crippen LogP contribution in [0.5, 0.6) is 51.7 Å². The number of rotatable bonds is 23. The number of imide groups is 1. The zero-order valence-corrected chi connectivity index (χ0v) is 73.8. The highest BCUT2D eigenvalue weighted by molar-refractivity contribution is 6.32. The summed E-state index contributed by atoms with van der Waals surface area (Å²) in [6, 6.07) is 2.56. The molecule has 0 spiro atoms. The Morgan fingerprint density at radius 2 is 1.35 bits per heavy atom. The van der Waals surface area contributed by atoms with Crippen molar-refractivity contribution in [1.82, 2.24) is 53.2 Å². The number of phenols is 2. The summed E-state index contributed by atoms with van der Waals surface area (Å²) >= 11 is 7.33. The van der Waals surface area contributed by atoms with E-state index in [2.05, 4.69) is 58.5 Å². The average Bonchev–Trinajstić information content (AvgIpc) is 0.757. The second kappa shape index (κ2) is 40.4. The van der Waals surface area contributed by atoms with Crippen molar-refractivity contribution in [2.45, 2.75) is 221 Å². The van der Waals surface area contributed by atoms with Crippen LogP contribution in [0, 0.1) is 42.4 Å². The van der Waals surface area contributed by atoms with Crippen molar-refractivity contribution in [3.63, 3.8) is 0 Å². The van der Waals surface area contributed by atoms with Gasteiger partial charge in [0.05, 0.1) is 29.5 Å². The standard InChI is InChI=1S/C91H115ClN12O26/c1-39(2)23-41(4)82(115)103-73-75(110)46-10-15-60(40(3)24-46)126-63-32-50-33-64(79(63)130-89-80(78(113)77(112)65(38-105)128-89)129-67-37-91(6,93)81(114)42(5)125-67)127-61-16-11-47(31-55(61)92)76(111)74-88(121)102-72(86(119)99-69-48-26-43-25-44(28-48)29-49(69)27-43)54-34-51(106)35-59(108)68(54)53-30-45(9-14-58(53)107)70(84(117)104-74)101-85(118)71(50)100-83(116)56(96-87(73)120)13-18-66(109)98-90(122)97-57-36-52(123-21-19-94-7)12-17-62(57)124-22-20-95-8/h9-12,14-17,24,31-36,39,41-44,48-49,53,56,65,67,69-78,80-81,89,94-95,105-108,110-114H,13,18-23,25-30,37-38,93H2,1-8H3,(H,96,120)(H,99,119)(H,100,116)(H,101,118)(H,102,121)(H,103,115)(H,104,117)(H2,97,98,109,122)/t41-,42+,43?,44?,48?,49?,53?,56+,65-,67+,69?,70-,71-,72+,73-,74+,75-,76-,77-,78+,80-,81-,89+,91+/m1/s1. The van der Waals surface area contributed by atoms with Crippen LogP contribution in [-0.2, 0) is 52.6 Å². The largest absolute Gasteiger partial charge is 0.512 e. The van der Waals surface area contributed by atoms with Crippen molar-refractivity contribution in [3.8, 4) is 51.7 Å². The Balaban J connectivity index is 0.932. The second-order valence-electron chi connectivity index (χ2n) is 36.0. The van der Waals surface area contributed by atoms with Crippen molar-refractivity contribution >= 4 is 70.6 Å². The number of phenolic OH excluding ortho intramolecular Hbond substituents is 2. The van der Waals surface area contributed by atoms with Crippen molar-refractivity contribution in [3.05, 3.63) is 141 Å². The maximum Gasteiger partial charge on any atom is 0.325 e. The van der Waals surface area contributed by atoms with E-state index in [1.807, 2.05) is 13.8 Å². The second-order valence-corrected chi connectivity index (χ2v) is 36.4. The number of urea groups is 1. The number of aryl methyl sites for hydroxylation is 1. The third-order valence-electron chi connectivity index (χ3n) is 25.8. The normalized spacial score (nSPS) is 30.8. The van der Waals surface area contributed by atoms with Crippen LogP contribution in [0.15, 0.2) is 102 Å². The Morgan fingerprint density at radius 3 is 2.02 bits per heavy atom. The summed E-state index contributed by atoms with van der Waals surface area (Å²) in [5.41, 5.74) is 4.23. The van der Waals surface area contributed by atoms with E-state index in [1.165, 1.54) is 63.2 Å². The Morgan fingerprint density at radius 1 is 0.692 bits per heavy atom. The Kier molecular flexibility index (Phi) is 29.6. The number of fused-ring (bicyclic) bond motifs is 15. The van der Waals surface area contributed by atoms with Gasteiger partial charge in [0, 0.05) is 67.0 Å². The third-order valence-corrected chi connectivity index (χ3v) is 26.1.